The molecule has 17 heavy (non-hydrogen) atoms. The van der Waals surface area contributed by atoms with Crippen LogP contribution >= 0.6 is 0 Å². The lowest BCUT2D eigenvalue weighted by Crippen LogP contribution is -2.26. The van der Waals surface area contributed by atoms with Crippen LogP contribution in [0.2, 0.25) is 0 Å². The van der Waals surface area contributed by atoms with E-state index in [9.17, 15) is 4.79 Å². The van der Waals surface area contributed by atoms with E-state index in [4.69, 9.17) is 5.26 Å². The molecular formula is C12H14N4O. The highest BCUT2D eigenvalue weighted by Gasteiger charge is 2.08. The average molecular weight is 230 g/mol. The van der Waals surface area contributed by atoms with Crippen molar-refractivity contribution in [1.82, 2.24) is 14.9 Å². The van der Waals surface area contributed by atoms with Gasteiger partial charge in [0.05, 0.1) is 23.1 Å². The Kier molecular flexibility index (Phi) is 2.98. The van der Waals surface area contributed by atoms with Crippen LogP contribution in [0.15, 0.2) is 23.0 Å². The van der Waals surface area contributed by atoms with Gasteiger partial charge in [-0.1, -0.05) is 6.07 Å². The number of nitriles is 1. The first kappa shape index (κ1) is 11.4. The Morgan fingerprint density at radius 3 is 2.82 bits per heavy atom. The number of rotatable bonds is 3. The van der Waals surface area contributed by atoms with E-state index in [1.165, 1.54) is 0 Å². The second-order valence-corrected chi connectivity index (χ2v) is 4.18. The highest BCUT2D eigenvalue weighted by molar-refractivity contribution is 5.74. The van der Waals surface area contributed by atoms with Crippen LogP contribution in [0.3, 0.4) is 0 Å². The smallest absolute Gasteiger partial charge is 0.306 e. The number of fused-ring (bicyclic) bond motifs is 1. The molecule has 0 aliphatic rings. The third-order valence-corrected chi connectivity index (χ3v) is 2.86. The molecule has 0 saturated heterocycles. The van der Waals surface area contributed by atoms with Crippen molar-refractivity contribution in [2.45, 2.75) is 19.5 Å². The van der Waals surface area contributed by atoms with Gasteiger partial charge in [0, 0.05) is 6.54 Å². The molecule has 5 nitrogen and oxygen atoms in total. The number of hydrogen-bond acceptors (Lipinski definition) is 3. The molecule has 2 aromatic rings. The molecule has 0 aliphatic carbocycles. The van der Waals surface area contributed by atoms with Crippen LogP contribution in [-0.2, 0) is 6.54 Å². The predicted octanol–water partition coefficient (Wildman–Crippen LogP) is 1.20. The average Bonchev–Trinajstić information content (AvgIpc) is 2.67. The van der Waals surface area contributed by atoms with Gasteiger partial charge >= 0.3 is 5.69 Å². The van der Waals surface area contributed by atoms with E-state index in [-0.39, 0.29) is 11.7 Å². The van der Waals surface area contributed by atoms with Crippen LogP contribution in [0.4, 0.5) is 0 Å². The lowest BCUT2D eigenvalue weighted by molar-refractivity contribution is 0.294. The Balaban J connectivity index is 2.25. The molecular weight excluding hydrogens is 216 g/mol. The lowest BCUT2D eigenvalue weighted by atomic mass is 10.2. The first-order valence-corrected chi connectivity index (χ1v) is 5.41. The normalized spacial score (nSPS) is 12.8. The number of H-pyrrole nitrogens is 2. The fourth-order valence-electron chi connectivity index (χ4n) is 1.70. The van der Waals surface area contributed by atoms with Gasteiger partial charge in [-0.3, -0.25) is 4.90 Å². The second-order valence-electron chi connectivity index (χ2n) is 4.18. The lowest BCUT2D eigenvalue weighted by Gasteiger charge is -2.18. The molecule has 2 N–H and O–H groups in total. The summed E-state index contributed by atoms with van der Waals surface area (Å²) >= 11 is 0. The summed E-state index contributed by atoms with van der Waals surface area (Å²) in [6.07, 6.45) is 0. The van der Waals surface area contributed by atoms with Crippen molar-refractivity contribution in [1.29, 1.82) is 5.26 Å². The molecule has 1 aromatic heterocycles. The molecule has 0 aliphatic heterocycles. The molecule has 1 atom stereocenters. The standard InChI is InChI=1S/C12H14N4O/c1-8(6-13)16(2)7-9-3-4-10-11(5-9)15-12(17)14-10/h3-5,8H,7H2,1-2H3,(H2,14,15,17). The Hall–Kier alpha value is -2.06. The van der Waals surface area contributed by atoms with Crippen molar-refractivity contribution in [3.05, 3.63) is 34.2 Å². The van der Waals surface area contributed by atoms with E-state index >= 15 is 0 Å². The Bertz CT molecular complexity index is 619. The molecule has 5 heteroatoms. The number of nitrogens with zero attached hydrogens (tertiary/aromatic N) is 2. The molecule has 88 valence electrons. The molecule has 0 amide bonds. The zero-order valence-corrected chi connectivity index (χ0v) is 9.82. The third-order valence-electron chi connectivity index (χ3n) is 2.86. The van der Waals surface area contributed by atoms with Gasteiger partial charge in [-0.25, -0.2) is 4.79 Å². The molecule has 0 saturated carbocycles. The third kappa shape index (κ3) is 2.37. The summed E-state index contributed by atoms with van der Waals surface area (Å²) in [5, 5.41) is 8.81. The second kappa shape index (κ2) is 4.44. The number of aromatic nitrogens is 2. The molecule has 1 heterocycles. The number of imidazole rings is 1. The van der Waals surface area contributed by atoms with Crippen molar-refractivity contribution in [2.24, 2.45) is 0 Å². The number of aromatic amines is 2. The number of nitrogens with one attached hydrogen (secondary N) is 2. The summed E-state index contributed by atoms with van der Waals surface area (Å²) in [7, 11) is 1.90. The van der Waals surface area contributed by atoms with Crippen molar-refractivity contribution >= 4 is 11.0 Å². The van der Waals surface area contributed by atoms with Crippen LogP contribution in [0, 0.1) is 11.3 Å². The van der Waals surface area contributed by atoms with Gasteiger partial charge < -0.3 is 9.97 Å². The van der Waals surface area contributed by atoms with E-state index in [2.05, 4.69) is 16.0 Å². The van der Waals surface area contributed by atoms with Gasteiger partial charge in [0.25, 0.3) is 0 Å². The maximum Gasteiger partial charge on any atom is 0.323 e. The minimum atomic E-state index is -0.198. The van der Waals surface area contributed by atoms with Gasteiger partial charge in [-0.15, -0.1) is 0 Å². The molecule has 0 radical (unpaired) electrons. The molecule has 1 unspecified atom stereocenters. The number of hydrogen-bond donors (Lipinski definition) is 2. The molecule has 0 fully saturated rings. The molecule has 0 bridgehead atoms. The van der Waals surface area contributed by atoms with E-state index < -0.39 is 0 Å². The van der Waals surface area contributed by atoms with Crippen molar-refractivity contribution < 1.29 is 0 Å². The van der Waals surface area contributed by atoms with Crippen molar-refractivity contribution in [2.75, 3.05) is 7.05 Å². The van der Waals surface area contributed by atoms with Gasteiger partial charge in [0.15, 0.2) is 0 Å². The SMILES string of the molecule is CC(C#N)N(C)Cc1ccc2[nH]c(=O)[nH]c2c1. The summed E-state index contributed by atoms with van der Waals surface area (Å²) < 4.78 is 0. The summed E-state index contributed by atoms with van der Waals surface area (Å²) in [6, 6.07) is 7.80. The summed E-state index contributed by atoms with van der Waals surface area (Å²) in [4.78, 5) is 18.5. The van der Waals surface area contributed by atoms with Crippen LogP contribution in [0.5, 0.6) is 0 Å². The summed E-state index contributed by atoms with van der Waals surface area (Å²) in [6.45, 7) is 2.54. The van der Waals surface area contributed by atoms with Crippen molar-refractivity contribution in [3.8, 4) is 6.07 Å². The monoisotopic (exact) mass is 230 g/mol. The molecule has 2 rings (SSSR count). The summed E-state index contributed by atoms with van der Waals surface area (Å²) in [5.74, 6) is 0. The predicted molar refractivity (Wildman–Crippen MR) is 65.5 cm³/mol. The molecule has 0 spiro atoms. The fraction of sp³-hybridized carbons (Fsp3) is 0.333. The van der Waals surface area contributed by atoms with E-state index in [0.29, 0.717) is 6.54 Å². The number of benzene rings is 1. The Morgan fingerprint density at radius 1 is 1.41 bits per heavy atom. The van der Waals surface area contributed by atoms with E-state index in [1.54, 1.807) is 0 Å². The first-order valence-electron chi connectivity index (χ1n) is 5.41. The minimum Gasteiger partial charge on any atom is -0.306 e. The van der Waals surface area contributed by atoms with Crippen LogP contribution in [0.1, 0.15) is 12.5 Å². The van der Waals surface area contributed by atoms with Gasteiger partial charge in [0.1, 0.15) is 0 Å². The van der Waals surface area contributed by atoms with Gasteiger partial charge in [-0.05, 0) is 31.7 Å². The van der Waals surface area contributed by atoms with E-state index in [1.807, 2.05) is 37.1 Å². The quantitative estimate of drug-likeness (QED) is 0.831. The zero-order valence-electron chi connectivity index (χ0n) is 9.82. The van der Waals surface area contributed by atoms with E-state index in [0.717, 1.165) is 16.6 Å². The largest absolute Gasteiger partial charge is 0.323 e. The minimum absolute atomic E-state index is 0.129. The van der Waals surface area contributed by atoms with Crippen LogP contribution < -0.4 is 5.69 Å². The topological polar surface area (TPSA) is 75.7 Å². The first-order chi connectivity index (χ1) is 8.10. The Morgan fingerprint density at radius 2 is 2.12 bits per heavy atom. The van der Waals surface area contributed by atoms with Gasteiger partial charge in [-0.2, -0.15) is 5.26 Å². The maximum absolute atomic E-state index is 11.1. The van der Waals surface area contributed by atoms with Crippen molar-refractivity contribution in [3.63, 3.8) is 0 Å². The highest BCUT2D eigenvalue weighted by Crippen LogP contribution is 2.12. The zero-order chi connectivity index (χ0) is 12.4. The van der Waals surface area contributed by atoms with Crippen LogP contribution in [-0.4, -0.2) is 28.0 Å². The fourth-order valence-corrected chi connectivity index (χ4v) is 1.70. The maximum atomic E-state index is 11.1. The highest BCUT2D eigenvalue weighted by atomic mass is 16.1. The van der Waals surface area contributed by atoms with Crippen LogP contribution in [0.25, 0.3) is 11.0 Å². The van der Waals surface area contributed by atoms with Gasteiger partial charge in [0.2, 0.25) is 0 Å². The Labute approximate surface area is 98.7 Å². The molecule has 1 aromatic carbocycles. The summed E-state index contributed by atoms with van der Waals surface area (Å²) in [5.41, 5.74) is 2.47.